The highest BCUT2D eigenvalue weighted by Gasteiger charge is 2.31. The Labute approximate surface area is 159 Å². The Hall–Kier alpha value is -2.87. The van der Waals surface area contributed by atoms with Gasteiger partial charge in [0.1, 0.15) is 11.4 Å². The summed E-state index contributed by atoms with van der Waals surface area (Å²) in [5.41, 5.74) is -0.352. The number of hydrogen-bond acceptors (Lipinski definition) is 5. The van der Waals surface area contributed by atoms with Crippen molar-refractivity contribution in [2.75, 3.05) is 25.5 Å². The van der Waals surface area contributed by atoms with Gasteiger partial charge in [0.25, 0.3) is 0 Å². The fourth-order valence-electron chi connectivity index (χ4n) is 3.56. The van der Waals surface area contributed by atoms with E-state index in [9.17, 15) is 18.3 Å². The number of likely N-dealkylation sites (N-methyl/N-ethyl adjacent to an activating group) is 1. The van der Waals surface area contributed by atoms with Crippen LogP contribution in [0.1, 0.15) is 12.0 Å². The minimum absolute atomic E-state index is 0.212. The van der Waals surface area contributed by atoms with Crippen LogP contribution in [0.15, 0.2) is 42.5 Å². The lowest BCUT2D eigenvalue weighted by Crippen LogP contribution is -2.24. The Balaban J connectivity index is 1.76. The maximum Gasteiger partial charge on any atom is 0.416 e. The van der Waals surface area contributed by atoms with Crippen LogP contribution in [0.4, 0.5) is 19.0 Å². The number of phenolic OH excluding ortho intramolecular Hbond substituents is 1. The van der Waals surface area contributed by atoms with Gasteiger partial charge in [-0.3, -0.25) is 0 Å². The van der Waals surface area contributed by atoms with Gasteiger partial charge in [0.15, 0.2) is 5.82 Å². The predicted molar refractivity (Wildman–Crippen MR) is 101 cm³/mol. The van der Waals surface area contributed by atoms with Crippen LogP contribution in [0.25, 0.3) is 22.0 Å². The molecule has 8 heteroatoms. The molecule has 5 nitrogen and oxygen atoms in total. The average Bonchev–Trinajstić information content (AvgIpc) is 3.06. The van der Waals surface area contributed by atoms with Crippen molar-refractivity contribution < 1.29 is 18.3 Å². The molecule has 0 saturated carbocycles. The fourth-order valence-corrected chi connectivity index (χ4v) is 3.56. The molecule has 0 unspecified atom stereocenters. The average molecular weight is 388 g/mol. The molecule has 1 fully saturated rings. The molecule has 0 spiro atoms. The van der Waals surface area contributed by atoms with E-state index in [2.05, 4.69) is 27.5 Å². The molecule has 3 aromatic rings. The highest BCUT2D eigenvalue weighted by molar-refractivity contribution is 6.00. The number of hydrogen-bond donors (Lipinski definition) is 2. The number of halogens is 3. The van der Waals surface area contributed by atoms with Crippen molar-refractivity contribution in [2.24, 2.45) is 0 Å². The van der Waals surface area contributed by atoms with Gasteiger partial charge < -0.3 is 15.3 Å². The third-order valence-electron chi connectivity index (χ3n) is 5.00. The summed E-state index contributed by atoms with van der Waals surface area (Å²) in [6, 6.07) is 10.5. The van der Waals surface area contributed by atoms with Crippen LogP contribution in [0.2, 0.25) is 0 Å². The number of alkyl halides is 3. The van der Waals surface area contributed by atoms with E-state index >= 15 is 0 Å². The van der Waals surface area contributed by atoms with Crippen LogP contribution in [0, 0.1) is 0 Å². The molecule has 0 bridgehead atoms. The van der Waals surface area contributed by atoms with E-state index in [1.807, 2.05) is 24.3 Å². The Bertz CT molecular complexity index is 1020. The van der Waals surface area contributed by atoms with E-state index < -0.39 is 17.5 Å². The number of anilines is 1. The first-order valence-electron chi connectivity index (χ1n) is 8.94. The van der Waals surface area contributed by atoms with E-state index in [0.29, 0.717) is 23.0 Å². The first-order chi connectivity index (χ1) is 13.3. The van der Waals surface area contributed by atoms with E-state index in [1.165, 1.54) is 6.07 Å². The van der Waals surface area contributed by atoms with Crippen LogP contribution in [0.3, 0.4) is 0 Å². The summed E-state index contributed by atoms with van der Waals surface area (Å²) in [4.78, 5) is 2.22. The zero-order valence-electron chi connectivity index (χ0n) is 15.2. The number of benzene rings is 2. The fraction of sp³-hybridized carbons (Fsp3) is 0.300. The minimum Gasteiger partial charge on any atom is -0.507 e. The minimum atomic E-state index is -4.52. The molecule has 1 atom stereocenters. The van der Waals surface area contributed by atoms with E-state index in [-0.39, 0.29) is 11.6 Å². The van der Waals surface area contributed by atoms with Crippen LogP contribution in [-0.2, 0) is 6.18 Å². The Kier molecular flexibility index (Phi) is 4.58. The lowest BCUT2D eigenvalue weighted by atomic mass is 10.0. The largest absolute Gasteiger partial charge is 0.507 e. The maximum absolute atomic E-state index is 12.9. The van der Waals surface area contributed by atoms with Crippen LogP contribution < -0.4 is 5.32 Å². The van der Waals surface area contributed by atoms with Crippen molar-refractivity contribution >= 4 is 16.6 Å². The Morgan fingerprint density at radius 3 is 2.50 bits per heavy atom. The molecule has 2 N–H and O–H groups in total. The maximum atomic E-state index is 12.9. The first kappa shape index (κ1) is 18.5. The van der Waals surface area contributed by atoms with Crippen molar-refractivity contribution in [1.29, 1.82) is 0 Å². The Morgan fingerprint density at radius 2 is 1.86 bits per heavy atom. The summed E-state index contributed by atoms with van der Waals surface area (Å²) in [6.07, 6.45) is -3.53. The van der Waals surface area contributed by atoms with Gasteiger partial charge in [0.2, 0.25) is 0 Å². The highest BCUT2D eigenvalue weighted by Crippen LogP contribution is 2.38. The van der Waals surface area contributed by atoms with Gasteiger partial charge in [-0.05, 0) is 38.2 Å². The SMILES string of the molecule is CN1CC[C@@H](Nc2nnc(-c3ccc(C(F)(F)F)cc3O)c3ccccc23)C1. The number of fused-ring (bicyclic) bond motifs is 1. The number of nitrogens with zero attached hydrogens (tertiary/aromatic N) is 3. The molecule has 0 radical (unpaired) electrons. The molecule has 28 heavy (non-hydrogen) atoms. The van der Waals surface area contributed by atoms with Gasteiger partial charge in [0.05, 0.1) is 5.56 Å². The molecule has 4 rings (SSSR count). The zero-order valence-corrected chi connectivity index (χ0v) is 15.2. The Morgan fingerprint density at radius 1 is 1.11 bits per heavy atom. The summed E-state index contributed by atoms with van der Waals surface area (Å²) in [5, 5.41) is 23.6. The lowest BCUT2D eigenvalue weighted by molar-refractivity contribution is -0.137. The zero-order chi connectivity index (χ0) is 19.9. The third kappa shape index (κ3) is 3.47. The summed E-state index contributed by atoms with van der Waals surface area (Å²) >= 11 is 0. The summed E-state index contributed by atoms with van der Waals surface area (Å²) in [7, 11) is 2.06. The van der Waals surface area contributed by atoms with Crippen LogP contribution in [-0.4, -0.2) is 46.4 Å². The van der Waals surface area contributed by atoms with Gasteiger partial charge in [-0.15, -0.1) is 10.2 Å². The van der Waals surface area contributed by atoms with Crippen LogP contribution >= 0.6 is 0 Å². The van der Waals surface area contributed by atoms with E-state index in [4.69, 9.17) is 0 Å². The van der Waals surface area contributed by atoms with Gasteiger partial charge >= 0.3 is 6.18 Å². The molecule has 0 amide bonds. The van der Waals surface area contributed by atoms with Crippen molar-refractivity contribution in [3.63, 3.8) is 0 Å². The molecule has 0 aliphatic carbocycles. The van der Waals surface area contributed by atoms with Gasteiger partial charge in [0, 0.05) is 28.9 Å². The van der Waals surface area contributed by atoms with Crippen molar-refractivity contribution in [3.05, 3.63) is 48.0 Å². The second-order valence-corrected chi connectivity index (χ2v) is 7.06. The summed E-state index contributed by atoms with van der Waals surface area (Å²) in [6.45, 7) is 1.90. The molecule has 1 saturated heterocycles. The van der Waals surface area contributed by atoms with Crippen molar-refractivity contribution in [2.45, 2.75) is 18.6 Å². The number of likely N-dealkylation sites (tertiary alicyclic amines) is 1. The molecular weight excluding hydrogens is 369 g/mol. The van der Waals surface area contributed by atoms with Crippen molar-refractivity contribution in [1.82, 2.24) is 15.1 Å². The molecule has 1 aliphatic heterocycles. The van der Waals surface area contributed by atoms with E-state index in [0.717, 1.165) is 31.0 Å². The van der Waals surface area contributed by atoms with Gasteiger partial charge in [-0.1, -0.05) is 24.3 Å². The molecule has 1 aromatic heterocycles. The molecule has 2 aromatic carbocycles. The molecule has 2 heterocycles. The predicted octanol–water partition coefficient (Wildman–Crippen LogP) is 4.14. The first-order valence-corrected chi connectivity index (χ1v) is 8.94. The van der Waals surface area contributed by atoms with Gasteiger partial charge in [-0.25, -0.2) is 0 Å². The normalized spacial score (nSPS) is 17.9. The summed E-state index contributed by atoms with van der Waals surface area (Å²) in [5.74, 6) is 0.151. The third-order valence-corrected chi connectivity index (χ3v) is 5.00. The molecular formula is C20H19F3N4O. The number of nitrogens with one attached hydrogen (secondary N) is 1. The summed E-state index contributed by atoms with van der Waals surface area (Å²) < 4.78 is 38.6. The van der Waals surface area contributed by atoms with Crippen molar-refractivity contribution in [3.8, 4) is 17.0 Å². The lowest BCUT2D eigenvalue weighted by Gasteiger charge is -2.16. The quantitative estimate of drug-likeness (QED) is 0.706. The van der Waals surface area contributed by atoms with Crippen LogP contribution in [0.5, 0.6) is 5.75 Å². The van der Waals surface area contributed by atoms with E-state index in [1.54, 1.807) is 0 Å². The number of aromatic hydroxyl groups is 1. The standard InChI is InChI=1S/C20H19F3N4O/c1-27-9-8-13(11-27)24-19-15-5-3-2-4-14(15)18(25-26-19)16-7-6-12(10-17(16)28)20(21,22)23/h2-7,10,13,28H,8-9,11H2,1H3,(H,24,26)/t13-/m1/s1. The molecule has 146 valence electrons. The topological polar surface area (TPSA) is 61.3 Å². The second-order valence-electron chi connectivity index (χ2n) is 7.06. The number of phenols is 1. The highest BCUT2D eigenvalue weighted by atomic mass is 19.4. The number of aromatic nitrogens is 2. The second kappa shape index (κ2) is 6.94. The monoisotopic (exact) mass is 388 g/mol. The van der Waals surface area contributed by atoms with Gasteiger partial charge in [-0.2, -0.15) is 13.2 Å². The smallest absolute Gasteiger partial charge is 0.416 e. The molecule has 1 aliphatic rings. The number of rotatable bonds is 3.